The van der Waals surface area contributed by atoms with Gasteiger partial charge in [-0.2, -0.15) is 0 Å². The second kappa shape index (κ2) is 69.3. The van der Waals surface area contributed by atoms with E-state index in [4.69, 9.17) is 4.74 Å². The molecule has 0 fully saturated rings. The Bertz CT molecular complexity index is 1340. The number of hydrogen-bond acceptors (Lipinski definition) is 5. The van der Waals surface area contributed by atoms with Crippen molar-refractivity contribution in [2.75, 3.05) is 13.2 Å². The summed E-state index contributed by atoms with van der Waals surface area (Å²) in [5, 5.41) is 23.3. The summed E-state index contributed by atoms with van der Waals surface area (Å²) in [4.78, 5) is 24.5. The summed E-state index contributed by atoms with van der Waals surface area (Å²) in [5.41, 5.74) is 0. The molecule has 0 bridgehead atoms. The van der Waals surface area contributed by atoms with E-state index in [1.54, 1.807) is 6.08 Å². The number of aliphatic hydroxyl groups excluding tert-OH is 2. The van der Waals surface area contributed by atoms with Crippen molar-refractivity contribution in [2.45, 2.75) is 398 Å². The molecule has 80 heavy (non-hydrogen) atoms. The summed E-state index contributed by atoms with van der Waals surface area (Å²) in [6.45, 7) is 4.89. The van der Waals surface area contributed by atoms with Crippen molar-refractivity contribution >= 4 is 11.9 Å². The third-order valence-corrected chi connectivity index (χ3v) is 16.6. The van der Waals surface area contributed by atoms with Crippen LogP contribution < -0.4 is 5.32 Å². The Kier molecular flexibility index (Phi) is 67.4. The van der Waals surface area contributed by atoms with Crippen LogP contribution in [0.4, 0.5) is 0 Å². The topological polar surface area (TPSA) is 95.9 Å². The highest BCUT2D eigenvalue weighted by molar-refractivity contribution is 5.76. The van der Waals surface area contributed by atoms with Crippen molar-refractivity contribution in [1.82, 2.24) is 5.32 Å². The van der Waals surface area contributed by atoms with Gasteiger partial charge in [0.1, 0.15) is 0 Å². The molecule has 0 rings (SSSR count). The SMILES string of the molecule is CCCC/C=C\CCCCCCCC(=O)OCCCCCCCCCCC/C=C\C/C=C\CCCCCCCCCCCCCCCCCC(=O)NC(CO)C(O)/C=C/CCCCCCCCCCCCCCCCCCCCC. The van der Waals surface area contributed by atoms with Crippen molar-refractivity contribution in [3.8, 4) is 0 Å². The second-order valence-corrected chi connectivity index (χ2v) is 24.6. The van der Waals surface area contributed by atoms with Gasteiger partial charge in [0, 0.05) is 12.8 Å². The van der Waals surface area contributed by atoms with Crippen molar-refractivity contribution < 1.29 is 24.5 Å². The molecule has 0 saturated heterocycles. The Hall–Kier alpha value is -2.18. The molecular formula is C74H139NO5. The van der Waals surface area contributed by atoms with Gasteiger partial charge in [-0.15, -0.1) is 0 Å². The average molecular weight is 1120 g/mol. The number of hydrogen-bond donors (Lipinski definition) is 3. The standard InChI is InChI=1S/C74H139NO5/c1-3-5-7-9-11-13-15-16-17-18-19-31-34-37-40-43-47-50-54-58-62-66-72(77)71(70-76)75-73(78)67-63-59-55-51-48-44-41-38-35-32-29-27-25-23-21-20-22-24-26-28-30-33-36-39-42-45-49-53-57-61-65-69-80-74(79)68-64-60-56-52-46-14-12-10-8-6-4-2/h10,12,22,24,28,30,62,66,71-72,76-77H,3-9,11,13-21,23,25-27,29,31-61,63-65,67-70H2,1-2H3,(H,75,78)/b12-10-,24-22-,30-28-,66-62+. The number of aliphatic hydroxyl groups is 2. The lowest BCUT2D eigenvalue weighted by molar-refractivity contribution is -0.143. The lowest BCUT2D eigenvalue weighted by Crippen LogP contribution is -2.45. The normalized spacial score (nSPS) is 12.8. The molecule has 0 aromatic heterocycles. The third kappa shape index (κ3) is 65.0. The smallest absolute Gasteiger partial charge is 0.305 e. The van der Waals surface area contributed by atoms with E-state index >= 15 is 0 Å². The van der Waals surface area contributed by atoms with E-state index in [2.05, 4.69) is 55.6 Å². The third-order valence-electron chi connectivity index (χ3n) is 16.6. The zero-order valence-electron chi connectivity index (χ0n) is 53.8. The zero-order chi connectivity index (χ0) is 57.8. The molecule has 0 aliphatic carbocycles. The van der Waals surface area contributed by atoms with Gasteiger partial charge in [0.25, 0.3) is 0 Å². The van der Waals surface area contributed by atoms with Crippen molar-refractivity contribution in [3.63, 3.8) is 0 Å². The minimum absolute atomic E-state index is 0.00181. The van der Waals surface area contributed by atoms with Crippen LogP contribution in [0.1, 0.15) is 386 Å². The Labute approximate surface area is 499 Å². The van der Waals surface area contributed by atoms with Crippen LogP contribution in [0.25, 0.3) is 0 Å². The van der Waals surface area contributed by atoms with Crippen LogP contribution in [0.3, 0.4) is 0 Å². The highest BCUT2D eigenvalue weighted by Crippen LogP contribution is 2.18. The summed E-state index contributed by atoms with van der Waals surface area (Å²) in [6, 6.07) is -0.629. The molecule has 6 heteroatoms. The number of carbonyl (C=O) groups excluding carboxylic acids is 2. The van der Waals surface area contributed by atoms with Gasteiger partial charge in [-0.25, -0.2) is 0 Å². The predicted molar refractivity (Wildman–Crippen MR) is 352 cm³/mol. The maximum Gasteiger partial charge on any atom is 0.305 e. The molecule has 0 aromatic carbocycles. The van der Waals surface area contributed by atoms with Gasteiger partial charge in [-0.05, 0) is 83.5 Å². The highest BCUT2D eigenvalue weighted by atomic mass is 16.5. The molecule has 0 spiro atoms. The lowest BCUT2D eigenvalue weighted by atomic mass is 10.0. The van der Waals surface area contributed by atoms with E-state index in [1.165, 1.54) is 308 Å². The summed E-state index contributed by atoms with van der Waals surface area (Å²) in [7, 11) is 0. The van der Waals surface area contributed by atoms with Crippen LogP contribution in [0.5, 0.6) is 0 Å². The summed E-state index contributed by atoms with van der Waals surface area (Å²) in [5.74, 6) is -0.0622. The van der Waals surface area contributed by atoms with E-state index < -0.39 is 12.1 Å². The molecule has 2 atom stereocenters. The highest BCUT2D eigenvalue weighted by Gasteiger charge is 2.18. The predicted octanol–water partition coefficient (Wildman–Crippen LogP) is 23.3. The first-order valence-corrected chi connectivity index (χ1v) is 35.9. The van der Waals surface area contributed by atoms with Crippen LogP contribution in [0, 0.1) is 0 Å². The van der Waals surface area contributed by atoms with Gasteiger partial charge in [-0.3, -0.25) is 9.59 Å². The van der Waals surface area contributed by atoms with Crippen LogP contribution in [0.15, 0.2) is 48.6 Å². The number of allylic oxidation sites excluding steroid dienone is 7. The van der Waals surface area contributed by atoms with Gasteiger partial charge < -0.3 is 20.3 Å². The number of amides is 1. The largest absolute Gasteiger partial charge is 0.466 e. The van der Waals surface area contributed by atoms with Gasteiger partial charge >= 0.3 is 5.97 Å². The fourth-order valence-corrected chi connectivity index (χ4v) is 11.1. The first-order valence-electron chi connectivity index (χ1n) is 35.9. The van der Waals surface area contributed by atoms with E-state index in [-0.39, 0.29) is 18.5 Å². The van der Waals surface area contributed by atoms with Crippen LogP contribution in [-0.4, -0.2) is 47.4 Å². The molecule has 1 amide bonds. The van der Waals surface area contributed by atoms with Gasteiger partial charge in [0.2, 0.25) is 5.91 Å². The van der Waals surface area contributed by atoms with Crippen molar-refractivity contribution in [2.24, 2.45) is 0 Å². The summed E-state index contributed by atoms with van der Waals surface area (Å²) < 4.78 is 5.46. The molecule has 3 N–H and O–H groups in total. The van der Waals surface area contributed by atoms with E-state index in [0.717, 1.165) is 51.4 Å². The monoisotopic (exact) mass is 1120 g/mol. The van der Waals surface area contributed by atoms with Crippen LogP contribution in [0.2, 0.25) is 0 Å². The molecule has 470 valence electrons. The molecule has 0 aliphatic rings. The number of nitrogens with one attached hydrogen (secondary N) is 1. The lowest BCUT2D eigenvalue weighted by Gasteiger charge is -2.20. The second-order valence-electron chi connectivity index (χ2n) is 24.6. The maximum atomic E-state index is 12.5. The minimum Gasteiger partial charge on any atom is -0.466 e. The molecule has 0 radical (unpaired) electrons. The van der Waals surface area contributed by atoms with Gasteiger partial charge in [0.15, 0.2) is 0 Å². The molecular weight excluding hydrogens is 983 g/mol. The first-order chi connectivity index (χ1) is 39.5. The van der Waals surface area contributed by atoms with Gasteiger partial charge in [0.05, 0.1) is 25.4 Å². The molecule has 0 saturated carbocycles. The Balaban J connectivity index is 3.43. The minimum atomic E-state index is -0.846. The summed E-state index contributed by atoms with van der Waals surface area (Å²) >= 11 is 0. The van der Waals surface area contributed by atoms with Crippen LogP contribution in [-0.2, 0) is 14.3 Å². The van der Waals surface area contributed by atoms with E-state index in [0.29, 0.717) is 19.4 Å². The van der Waals surface area contributed by atoms with Crippen LogP contribution >= 0.6 is 0 Å². The van der Waals surface area contributed by atoms with E-state index in [9.17, 15) is 19.8 Å². The summed E-state index contributed by atoms with van der Waals surface area (Å²) in [6.07, 6.45) is 90.6. The Morgan fingerprint density at radius 2 is 0.637 bits per heavy atom. The Morgan fingerprint density at radius 1 is 0.350 bits per heavy atom. The van der Waals surface area contributed by atoms with Crippen molar-refractivity contribution in [3.05, 3.63) is 48.6 Å². The first kappa shape index (κ1) is 77.8. The fraction of sp³-hybridized carbons (Fsp3) is 0.865. The molecule has 6 nitrogen and oxygen atoms in total. The number of ether oxygens (including phenoxy) is 1. The quantitative estimate of drug-likeness (QED) is 0.0320. The number of carbonyl (C=O) groups is 2. The maximum absolute atomic E-state index is 12.5. The zero-order valence-corrected chi connectivity index (χ0v) is 53.8. The number of unbranched alkanes of at least 4 members (excludes halogenated alkanes) is 50. The van der Waals surface area contributed by atoms with Crippen molar-refractivity contribution in [1.29, 1.82) is 0 Å². The van der Waals surface area contributed by atoms with E-state index in [1.807, 2.05) is 6.08 Å². The average Bonchev–Trinajstić information content (AvgIpc) is 3.46. The molecule has 0 aliphatic heterocycles. The fourth-order valence-electron chi connectivity index (χ4n) is 11.1. The number of rotatable bonds is 67. The Morgan fingerprint density at radius 3 is 1.00 bits per heavy atom. The molecule has 0 heterocycles. The molecule has 0 aromatic rings. The number of esters is 1. The molecule has 2 unspecified atom stereocenters. The van der Waals surface area contributed by atoms with Gasteiger partial charge in [-0.1, -0.05) is 339 Å².